The number of carboxylic acid groups (broad SMARTS) is 1. The van der Waals surface area contributed by atoms with Gasteiger partial charge in [-0.15, -0.1) is 0 Å². The predicted octanol–water partition coefficient (Wildman–Crippen LogP) is 0.554. The molecular weight excluding hydrogens is 182 g/mol. The SMILES string of the molecule is CC1CCN(CCCCO)C1C(=O)O. The maximum atomic E-state index is 11.0. The number of unbranched alkanes of at least 4 members (excludes halogenated alkanes) is 1. The van der Waals surface area contributed by atoms with Gasteiger partial charge in [-0.1, -0.05) is 6.92 Å². The van der Waals surface area contributed by atoms with Gasteiger partial charge in [0.05, 0.1) is 0 Å². The Bertz CT molecular complexity index is 196. The van der Waals surface area contributed by atoms with Crippen LogP contribution in [0, 0.1) is 5.92 Å². The van der Waals surface area contributed by atoms with Gasteiger partial charge in [-0.3, -0.25) is 9.69 Å². The van der Waals surface area contributed by atoms with Crippen LogP contribution >= 0.6 is 0 Å². The van der Waals surface area contributed by atoms with Crippen molar-refractivity contribution in [3.63, 3.8) is 0 Å². The molecule has 14 heavy (non-hydrogen) atoms. The van der Waals surface area contributed by atoms with E-state index in [0.717, 1.165) is 32.4 Å². The lowest BCUT2D eigenvalue weighted by molar-refractivity contribution is -0.143. The molecule has 1 saturated heterocycles. The summed E-state index contributed by atoms with van der Waals surface area (Å²) in [6, 6.07) is -0.311. The van der Waals surface area contributed by atoms with E-state index in [9.17, 15) is 4.79 Å². The van der Waals surface area contributed by atoms with Gasteiger partial charge in [0.15, 0.2) is 0 Å². The van der Waals surface area contributed by atoms with Gasteiger partial charge in [0.1, 0.15) is 6.04 Å². The number of aliphatic carboxylic acids is 1. The number of nitrogens with zero attached hydrogens (tertiary/aromatic N) is 1. The monoisotopic (exact) mass is 201 g/mol. The van der Waals surface area contributed by atoms with Crippen molar-refractivity contribution < 1.29 is 15.0 Å². The molecule has 2 unspecified atom stereocenters. The van der Waals surface area contributed by atoms with Crippen molar-refractivity contribution in [2.75, 3.05) is 19.7 Å². The normalized spacial score (nSPS) is 28.1. The van der Waals surface area contributed by atoms with Crippen LogP contribution in [0.3, 0.4) is 0 Å². The van der Waals surface area contributed by atoms with Crippen LogP contribution in [0.1, 0.15) is 26.2 Å². The van der Waals surface area contributed by atoms with Crippen LogP contribution in [-0.2, 0) is 4.79 Å². The molecule has 1 heterocycles. The van der Waals surface area contributed by atoms with Crippen LogP contribution < -0.4 is 0 Å². The molecule has 0 amide bonds. The Kier molecular flexibility index (Phi) is 4.35. The molecule has 0 spiro atoms. The maximum Gasteiger partial charge on any atom is 0.321 e. The molecule has 0 aromatic heterocycles. The second kappa shape index (κ2) is 5.32. The summed E-state index contributed by atoms with van der Waals surface area (Å²) < 4.78 is 0. The van der Waals surface area contributed by atoms with Gasteiger partial charge in [0.2, 0.25) is 0 Å². The fraction of sp³-hybridized carbons (Fsp3) is 0.900. The molecule has 0 aliphatic carbocycles. The first kappa shape index (κ1) is 11.5. The summed E-state index contributed by atoms with van der Waals surface area (Å²) in [6.45, 7) is 3.86. The minimum absolute atomic E-state index is 0.196. The van der Waals surface area contributed by atoms with Crippen LogP contribution in [0.2, 0.25) is 0 Å². The standard InChI is InChI=1S/C10H19NO3/c1-8-4-6-11(5-2-3-7-12)9(8)10(13)14/h8-9,12H,2-7H2,1H3,(H,13,14). The van der Waals surface area contributed by atoms with E-state index in [2.05, 4.69) is 0 Å². The first-order chi connectivity index (χ1) is 6.66. The zero-order chi connectivity index (χ0) is 10.6. The van der Waals surface area contributed by atoms with Crippen LogP contribution in [-0.4, -0.2) is 46.8 Å². The molecule has 4 heteroatoms. The van der Waals surface area contributed by atoms with Crippen molar-refractivity contribution in [2.24, 2.45) is 5.92 Å². The Balaban J connectivity index is 2.39. The molecule has 2 N–H and O–H groups in total. The summed E-state index contributed by atoms with van der Waals surface area (Å²) >= 11 is 0. The van der Waals surface area contributed by atoms with Crippen molar-refractivity contribution >= 4 is 5.97 Å². The fourth-order valence-electron chi connectivity index (χ4n) is 2.10. The number of aliphatic hydroxyl groups is 1. The number of rotatable bonds is 5. The third-order valence-corrected chi connectivity index (χ3v) is 2.91. The van der Waals surface area contributed by atoms with Gasteiger partial charge < -0.3 is 10.2 Å². The summed E-state index contributed by atoms with van der Waals surface area (Å²) in [5.41, 5.74) is 0. The van der Waals surface area contributed by atoms with E-state index >= 15 is 0 Å². The molecule has 4 nitrogen and oxygen atoms in total. The van der Waals surface area contributed by atoms with E-state index in [0.29, 0.717) is 0 Å². The molecule has 0 bridgehead atoms. The third kappa shape index (κ3) is 2.69. The molecule has 1 aliphatic rings. The number of hydrogen-bond donors (Lipinski definition) is 2. The molecule has 0 aromatic carbocycles. The topological polar surface area (TPSA) is 60.8 Å². The van der Waals surface area contributed by atoms with Crippen molar-refractivity contribution in [3.05, 3.63) is 0 Å². The van der Waals surface area contributed by atoms with Gasteiger partial charge >= 0.3 is 5.97 Å². The van der Waals surface area contributed by atoms with Crippen molar-refractivity contribution in [2.45, 2.75) is 32.2 Å². The molecule has 0 aromatic rings. The zero-order valence-corrected chi connectivity index (χ0v) is 8.65. The van der Waals surface area contributed by atoms with Gasteiger partial charge in [0, 0.05) is 6.61 Å². The van der Waals surface area contributed by atoms with Crippen LogP contribution in [0.25, 0.3) is 0 Å². The number of carbonyl (C=O) groups is 1. The van der Waals surface area contributed by atoms with E-state index < -0.39 is 5.97 Å². The van der Waals surface area contributed by atoms with E-state index in [-0.39, 0.29) is 18.6 Å². The largest absolute Gasteiger partial charge is 0.480 e. The number of aliphatic hydroxyl groups excluding tert-OH is 1. The fourth-order valence-corrected chi connectivity index (χ4v) is 2.10. The van der Waals surface area contributed by atoms with Crippen molar-refractivity contribution in [3.8, 4) is 0 Å². The number of carboxylic acids is 1. The van der Waals surface area contributed by atoms with Crippen LogP contribution in [0.5, 0.6) is 0 Å². The predicted molar refractivity (Wildman–Crippen MR) is 53.1 cm³/mol. The second-order valence-corrected chi connectivity index (χ2v) is 4.02. The highest BCUT2D eigenvalue weighted by Gasteiger charge is 2.35. The van der Waals surface area contributed by atoms with Gasteiger partial charge in [-0.25, -0.2) is 0 Å². The Morgan fingerprint density at radius 1 is 1.50 bits per heavy atom. The summed E-state index contributed by atoms with van der Waals surface area (Å²) in [5, 5.41) is 17.7. The Morgan fingerprint density at radius 3 is 2.79 bits per heavy atom. The number of hydrogen-bond acceptors (Lipinski definition) is 3. The first-order valence-electron chi connectivity index (χ1n) is 5.24. The molecule has 0 radical (unpaired) electrons. The lowest BCUT2D eigenvalue weighted by atomic mass is 10.0. The van der Waals surface area contributed by atoms with E-state index in [4.69, 9.17) is 10.2 Å². The van der Waals surface area contributed by atoms with E-state index in [1.807, 2.05) is 11.8 Å². The maximum absolute atomic E-state index is 11.0. The molecular formula is C10H19NO3. The first-order valence-corrected chi connectivity index (χ1v) is 5.24. The summed E-state index contributed by atoms with van der Waals surface area (Å²) in [7, 11) is 0. The second-order valence-electron chi connectivity index (χ2n) is 4.02. The molecule has 2 atom stereocenters. The summed E-state index contributed by atoms with van der Waals surface area (Å²) in [5.74, 6) is -0.458. The highest BCUT2D eigenvalue weighted by atomic mass is 16.4. The average molecular weight is 201 g/mol. The molecule has 1 fully saturated rings. The van der Waals surface area contributed by atoms with Gasteiger partial charge in [-0.05, 0) is 38.3 Å². The minimum atomic E-state index is -0.709. The Hall–Kier alpha value is -0.610. The zero-order valence-electron chi connectivity index (χ0n) is 8.65. The third-order valence-electron chi connectivity index (χ3n) is 2.91. The molecule has 1 rings (SSSR count). The van der Waals surface area contributed by atoms with E-state index in [1.165, 1.54) is 0 Å². The Labute approximate surface area is 84.5 Å². The minimum Gasteiger partial charge on any atom is -0.480 e. The summed E-state index contributed by atoms with van der Waals surface area (Å²) in [6.07, 6.45) is 2.61. The molecule has 82 valence electrons. The Morgan fingerprint density at radius 2 is 2.21 bits per heavy atom. The molecule has 0 saturated carbocycles. The average Bonchev–Trinajstić information content (AvgIpc) is 2.47. The van der Waals surface area contributed by atoms with Gasteiger partial charge in [-0.2, -0.15) is 0 Å². The lowest BCUT2D eigenvalue weighted by Crippen LogP contribution is -2.39. The molecule has 1 aliphatic heterocycles. The highest BCUT2D eigenvalue weighted by Crippen LogP contribution is 2.24. The van der Waals surface area contributed by atoms with Gasteiger partial charge in [0.25, 0.3) is 0 Å². The number of likely N-dealkylation sites (tertiary alicyclic amines) is 1. The van der Waals surface area contributed by atoms with Crippen molar-refractivity contribution in [1.29, 1.82) is 0 Å². The van der Waals surface area contributed by atoms with E-state index in [1.54, 1.807) is 0 Å². The highest BCUT2D eigenvalue weighted by molar-refractivity contribution is 5.74. The van der Waals surface area contributed by atoms with Crippen LogP contribution in [0.15, 0.2) is 0 Å². The van der Waals surface area contributed by atoms with Crippen molar-refractivity contribution in [1.82, 2.24) is 4.90 Å². The quantitative estimate of drug-likeness (QED) is 0.638. The smallest absolute Gasteiger partial charge is 0.321 e. The lowest BCUT2D eigenvalue weighted by Gasteiger charge is -2.22. The summed E-state index contributed by atoms with van der Waals surface area (Å²) in [4.78, 5) is 13.0. The van der Waals surface area contributed by atoms with Crippen LogP contribution in [0.4, 0.5) is 0 Å².